The Morgan fingerprint density at radius 2 is 2.37 bits per heavy atom. The fourth-order valence-corrected chi connectivity index (χ4v) is 2.76. The lowest BCUT2D eigenvalue weighted by Gasteiger charge is -2.14. The molecule has 0 saturated heterocycles. The minimum Gasteiger partial charge on any atom is -0.772 e. The van der Waals surface area contributed by atoms with Crippen molar-refractivity contribution in [3.8, 4) is 0 Å². The second-order valence-electron chi connectivity index (χ2n) is 3.50. The second kappa shape index (κ2) is 5.46. The van der Waals surface area contributed by atoms with Gasteiger partial charge in [-0.15, -0.1) is 5.10 Å². The van der Waals surface area contributed by atoms with Crippen LogP contribution in [0, 0.1) is 10.1 Å². The highest BCUT2D eigenvalue weighted by Gasteiger charge is 2.24. The molecule has 0 saturated carbocycles. The van der Waals surface area contributed by atoms with Crippen LogP contribution in [0.5, 0.6) is 0 Å². The Morgan fingerprint density at radius 1 is 1.63 bits per heavy atom. The Labute approximate surface area is 113 Å². The third-order valence-corrected chi connectivity index (χ3v) is 4.15. The zero-order valence-corrected chi connectivity index (χ0v) is 11.1. The molecule has 0 radical (unpaired) electrons. The first-order valence-electron chi connectivity index (χ1n) is 4.88. The molecule has 2 atom stereocenters. The lowest BCUT2D eigenvalue weighted by atomic mass is 10.3. The molecule has 19 heavy (non-hydrogen) atoms. The largest absolute Gasteiger partial charge is 0.772 e. The molecule has 0 fully saturated rings. The Kier molecular flexibility index (Phi) is 3.92. The van der Waals surface area contributed by atoms with Crippen LogP contribution in [-0.4, -0.2) is 38.0 Å². The van der Waals surface area contributed by atoms with Crippen molar-refractivity contribution in [2.75, 3.05) is 0 Å². The van der Waals surface area contributed by atoms with Crippen LogP contribution >= 0.6 is 11.5 Å². The summed E-state index contributed by atoms with van der Waals surface area (Å²) in [6.07, 6.45) is 1.05. The Balaban J connectivity index is 2.28. The highest BCUT2D eigenvalue weighted by molar-refractivity contribution is 7.79. The maximum Gasteiger partial charge on any atom is 0.342 e. The summed E-state index contributed by atoms with van der Waals surface area (Å²) in [5.41, 5.74) is 0. The van der Waals surface area contributed by atoms with Crippen molar-refractivity contribution in [2.45, 2.75) is 11.7 Å². The molecule has 2 rings (SSSR count). The summed E-state index contributed by atoms with van der Waals surface area (Å²) >= 11 is -1.59. The van der Waals surface area contributed by atoms with E-state index in [0.717, 1.165) is 17.7 Å². The van der Waals surface area contributed by atoms with Gasteiger partial charge in [-0.25, -0.2) is 9.55 Å². The zero-order chi connectivity index (χ0) is 14.0. The van der Waals surface area contributed by atoms with Crippen molar-refractivity contribution in [3.63, 3.8) is 0 Å². The molecule has 2 heterocycles. The average Bonchev–Trinajstić information content (AvgIpc) is 2.95. The quantitative estimate of drug-likeness (QED) is 0.418. The number of imidazole rings is 1. The topological polar surface area (TPSA) is 140 Å². The molecule has 0 spiro atoms. The van der Waals surface area contributed by atoms with Crippen molar-refractivity contribution < 1.29 is 13.7 Å². The average molecular weight is 303 g/mol. The van der Waals surface area contributed by atoms with E-state index in [4.69, 9.17) is 0 Å². The molecular weight excluding hydrogens is 296 g/mol. The second-order valence-corrected chi connectivity index (χ2v) is 5.36. The summed E-state index contributed by atoms with van der Waals surface area (Å²) in [6.45, 7) is 0. The summed E-state index contributed by atoms with van der Waals surface area (Å²) in [5, 5.41) is 16.9. The Morgan fingerprint density at radius 3 is 2.84 bits per heavy atom. The molecular formula is C7H7N6O4S2-. The van der Waals surface area contributed by atoms with E-state index in [1.165, 1.54) is 11.6 Å². The van der Waals surface area contributed by atoms with Crippen molar-refractivity contribution in [1.29, 1.82) is 0 Å². The molecule has 102 valence electrons. The van der Waals surface area contributed by atoms with E-state index in [0.29, 0.717) is 0 Å². The fourth-order valence-electron chi connectivity index (χ4n) is 1.46. The molecule has 0 bridgehead atoms. The summed E-state index contributed by atoms with van der Waals surface area (Å²) in [6, 6.07) is 0. The van der Waals surface area contributed by atoms with Gasteiger partial charge in [0, 0.05) is 18.0 Å². The van der Waals surface area contributed by atoms with Crippen LogP contribution in [0.25, 0.3) is 0 Å². The minimum absolute atomic E-state index is 0.0304. The Hall–Kier alpha value is -1.79. The first-order valence-corrected chi connectivity index (χ1v) is 6.79. The smallest absolute Gasteiger partial charge is 0.342 e. The van der Waals surface area contributed by atoms with Crippen LogP contribution in [0.2, 0.25) is 0 Å². The molecule has 10 nitrogen and oxygen atoms in total. The van der Waals surface area contributed by atoms with Gasteiger partial charge in [-0.1, -0.05) is 4.49 Å². The van der Waals surface area contributed by atoms with E-state index in [9.17, 15) is 18.9 Å². The number of nitro groups is 1. The van der Waals surface area contributed by atoms with E-state index < -0.39 is 21.3 Å². The van der Waals surface area contributed by atoms with Crippen LogP contribution in [0.3, 0.4) is 0 Å². The highest BCUT2D eigenvalue weighted by atomic mass is 32.2. The van der Waals surface area contributed by atoms with Crippen LogP contribution < -0.4 is 0 Å². The summed E-state index contributed by atoms with van der Waals surface area (Å²) in [7, 11) is 1.45. The number of rotatable bonds is 5. The first kappa shape index (κ1) is 13.6. The maximum atomic E-state index is 11.2. The van der Waals surface area contributed by atoms with Crippen molar-refractivity contribution in [3.05, 3.63) is 27.1 Å². The molecule has 0 amide bonds. The van der Waals surface area contributed by atoms with Gasteiger partial charge in [0.2, 0.25) is 0 Å². The summed E-state index contributed by atoms with van der Waals surface area (Å²) in [5.74, 6) is 0.0666. The third-order valence-electron chi connectivity index (χ3n) is 2.44. The number of hydrogen-bond donors (Lipinski definition) is 0. The molecule has 0 N–H and O–H groups in total. The zero-order valence-electron chi connectivity index (χ0n) is 9.49. The van der Waals surface area contributed by atoms with Crippen LogP contribution in [0.15, 0.2) is 6.20 Å². The van der Waals surface area contributed by atoms with Crippen molar-refractivity contribution >= 4 is 28.4 Å². The van der Waals surface area contributed by atoms with E-state index in [1.807, 2.05) is 0 Å². The number of hydrogen-bond acceptors (Lipinski definition) is 9. The third kappa shape index (κ3) is 2.80. The van der Waals surface area contributed by atoms with Gasteiger partial charge >= 0.3 is 5.82 Å². The molecule has 2 aromatic heterocycles. The van der Waals surface area contributed by atoms with Gasteiger partial charge in [0.1, 0.15) is 6.20 Å². The van der Waals surface area contributed by atoms with E-state index in [2.05, 4.69) is 19.8 Å². The number of aromatic nitrogens is 5. The van der Waals surface area contributed by atoms with Gasteiger partial charge < -0.3 is 14.7 Å². The molecule has 0 aromatic carbocycles. The summed E-state index contributed by atoms with van der Waals surface area (Å²) < 4.78 is 27.1. The normalized spacial score (nSPS) is 14.2. The molecule has 0 aliphatic heterocycles. The van der Waals surface area contributed by atoms with E-state index >= 15 is 0 Å². The lowest BCUT2D eigenvalue weighted by molar-refractivity contribution is -0.391. The van der Waals surface area contributed by atoms with Gasteiger partial charge in [0.05, 0.1) is 12.3 Å². The van der Waals surface area contributed by atoms with Gasteiger partial charge in [-0.2, -0.15) is 0 Å². The summed E-state index contributed by atoms with van der Waals surface area (Å²) in [4.78, 5) is 13.9. The molecule has 0 aliphatic rings. The van der Waals surface area contributed by atoms with E-state index in [-0.39, 0.29) is 23.1 Å². The molecule has 2 unspecified atom stereocenters. The van der Waals surface area contributed by atoms with E-state index in [1.54, 1.807) is 0 Å². The van der Waals surface area contributed by atoms with Crippen molar-refractivity contribution in [2.24, 2.45) is 7.05 Å². The predicted molar refractivity (Wildman–Crippen MR) is 62.9 cm³/mol. The van der Waals surface area contributed by atoms with Gasteiger partial charge in [-0.3, -0.25) is 4.21 Å². The SMILES string of the molecule is Cn1c([N+](=O)[O-])cnc1CC(c1nnns1)S(=O)[O-]. The van der Waals surface area contributed by atoms with Crippen molar-refractivity contribution in [1.82, 2.24) is 24.4 Å². The maximum absolute atomic E-state index is 11.2. The van der Waals surface area contributed by atoms with Gasteiger partial charge in [0.25, 0.3) is 0 Å². The van der Waals surface area contributed by atoms with Crippen LogP contribution in [0.1, 0.15) is 16.1 Å². The molecule has 2 aromatic rings. The monoisotopic (exact) mass is 303 g/mol. The predicted octanol–water partition coefficient (Wildman–Crippen LogP) is -0.262. The van der Waals surface area contributed by atoms with Gasteiger partial charge in [0.15, 0.2) is 10.8 Å². The fraction of sp³-hybridized carbons (Fsp3) is 0.429. The molecule has 0 aliphatic carbocycles. The molecule has 12 heteroatoms. The Bertz CT molecular complexity index is 611. The highest BCUT2D eigenvalue weighted by Crippen LogP contribution is 2.24. The van der Waals surface area contributed by atoms with Crippen LogP contribution in [0.4, 0.5) is 5.82 Å². The number of nitrogens with zero attached hydrogens (tertiary/aromatic N) is 6. The van der Waals surface area contributed by atoms with Gasteiger partial charge in [-0.05, 0) is 21.2 Å². The standard InChI is InChI=1S/C7H8N6O4S2/c1-12-5(8-3-6(12)13(14)15)2-4(19(16)17)7-9-10-11-18-7/h3-4H,2H2,1H3,(H,16,17)/p-1. The minimum atomic E-state index is -2.45. The van der Waals surface area contributed by atoms with Crippen LogP contribution in [-0.2, 0) is 24.5 Å². The lowest BCUT2D eigenvalue weighted by Crippen LogP contribution is -2.13. The first-order chi connectivity index (χ1) is 9.00.